The van der Waals surface area contributed by atoms with Crippen molar-refractivity contribution in [1.82, 2.24) is 4.98 Å². The molecule has 1 rings (SSSR count). The number of nitrogen functional groups attached to an aromatic ring is 1. The van der Waals surface area contributed by atoms with Gasteiger partial charge in [-0.25, -0.2) is 4.98 Å². The molecular formula is C6H4FN3. The first-order valence-corrected chi connectivity index (χ1v) is 2.56. The van der Waals surface area contributed by atoms with Crippen LogP contribution in [0.2, 0.25) is 0 Å². The summed E-state index contributed by atoms with van der Waals surface area (Å²) in [5.74, 6) is -0.817. The highest BCUT2D eigenvalue weighted by Crippen LogP contribution is 2.10. The molecule has 0 bridgehead atoms. The zero-order valence-corrected chi connectivity index (χ0v) is 5.00. The quantitative estimate of drug-likeness (QED) is 0.534. The van der Waals surface area contributed by atoms with Gasteiger partial charge in [0.05, 0.1) is 5.69 Å². The van der Waals surface area contributed by atoms with E-state index in [1.54, 1.807) is 6.07 Å². The van der Waals surface area contributed by atoms with Gasteiger partial charge in [0.25, 0.3) is 0 Å². The lowest BCUT2D eigenvalue weighted by Gasteiger charge is -1.94. The fraction of sp³-hybridized carbons (Fsp3) is 0. The summed E-state index contributed by atoms with van der Waals surface area (Å²) in [5.41, 5.74) is 5.16. The van der Waals surface area contributed by atoms with Gasteiger partial charge in [0.2, 0.25) is 5.95 Å². The van der Waals surface area contributed by atoms with Gasteiger partial charge in [0.1, 0.15) is 11.6 Å². The lowest BCUT2D eigenvalue weighted by Crippen LogP contribution is -1.95. The van der Waals surface area contributed by atoms with Crippen molar-refractivity contribution in [2.24, 2.45) is 0 Å². The largest absolute Gasteiger partial charge is 0.397 e. The molecule has 10 heavy (non-hydrogen) atoms. The highest BCUT2D eigenvalue weighted by Gasteiger charge is 2.04. The van der Waals surface area contributed by atoms with Crippen LogP contribution in [-0.2, 0) is 0 Å². The summed E-state index contributed by atoms with van der Waals surface area (Å²) in [6.07, 6.45) is 1.21. The van der Waals surface area contributed by atoms with Crippen LogP contribution in [-0.4, -0.2) is 4.98 Å². The number of hydrogen-bond acceptors (Lipinski definition) is 3. The number of nitrogens with zero attached hydrogens (tertiary/aromatic N) is 2. The second-order valence-corrected chi connectivity index (χ2v) is 1.68. The molecule has 1 aromatic heterocycles. The number of rotatable bonds is 0. The zero-order valence-electron chi connectivity index (χ0n) is 5.00. The van der Waals surface area contributed by atoms with Crippen molar-refractivity contribution in [3.63, 3.8) is 0 Å². The molecule has 0 aliphatic carbocycles. The molecule has 0 amide bonds. The van der Waals surface area contributed by atoms with Gasteiger partial charge in [0, 0.05) is 6.20 Å². The molecule has 0 aliphatic heterocycles. The van der Waals surface area contributed by atoms with E-state index in [2.05, 4.69) is 4.98 Å². The second-order valence-electron chi connectivity index (χ2n) is 1.68. The Bertz CT molecular complexity index is 269. The lowest BCUT2D eigenvalue weighted by molar-refractivity contribution is 0.581. The van der Waals surface area contributed by atoms with E-state index >= 15 is 0 Å². The number of aromatic nitrogens is 1. The van der Waals surface area contributed by atoms with Crippen LogP contribution in [0.1, 0.15) is 5.56 Å². The highest BCUT2D eigenvalue weighted by molar-refractivity contribution is 5.52. The molecular weight excluding hydrogens is 133 g/mol. The molecule has 0 aromatic carbocycles. The topological polar surface area (TPSA) is 62.7 Å². The van der Waals surface area contributed by atoms with Gasteiger partial charge >= 0.3 is 0 Å². The molecule has 0 atom stereocenters. The Morgan fingerprint density at radius 1 is 1.70 bits per heavy atom. The number of halogens is 1. The molecule has 4 heteroatoms. The summed E-state index contributed by atoms with van der Waals surface area (Å²) in [6, 6.07) is 2.98. The van der Waals surface area contributed by atoms with Crippen LogP contribution in [0, 0.1) is 17.3 Å². The fourth-order valence-electron chi connectivity index (χ4n) is 0.561. The maximum absolute atomic E-state index is 12.4. The van der Waals surface area contributed by atoms with Crippen molar-refractivity contribution >= 4 is 5.69 Å². The summed E-state index contributed by atoms with van der Waals surface area (Å²) in [4.78, 5) is 3.24. The van der Waals surface area contributed by atoms with Crippen LogP contribution < -0.4 is 5.73 Å². The van der Waals surface area contributed by atoms with Gasteiger partial charge in [-0.15, -0.1) is 0 Å². The van der Waals surface area contributed by atoms with E-state index in [1.165, 1.54) is 12.3 Å². The Morgan fingerprint density at radius 3 is 2.80 bits per heavy atom. The van der Waals surface area contributed by atoms with Gasteiger partial charge < -0.3 is 5.73 Å². The number of hydrogen-bond donors (Lipinski definition) is 1. The van der Waals surface area contributed by atoms with E-state index in [9.17, 15) is 4.39 Å². The van der Waals surface area contributed by atoms with Crippen LogP contribution in [0.3, 0.4) is 0 Å². The minimum atomic E-state index is -0.817. The predicted octanol–water partition coefficient (Wildman–Crippen LogP) is 0.675. The monoisotopic (exact) mass is 137 g/mol. The Kier molecular flexibility index (Phi) is 1.50. The van der Waals surface area contributed by atoms with E-state index < -0.39 is 5.95 Å². The van der Waals surface area contributed by atoms with Crippen LogP contribution in [0.4, 0.5) is 10.1 Å². The molecule has 2 N–H and O–H groups in total. The van der Waals surface area contributed by atoms with Crippen molar-refractivity contribution in [1.29, 1.82) is 5.26 Å². The molecule has 0 aliphatic rings. The molecule has 1 aromatic rings. The molecule has 0 fully saturated rings. The van der Waals surface area contributed by atoms with Gasteiger partial charge in [-0.2, -0.15) is 9.65 Å². The van der Waals surface area contributed by atoms with Gasteiger partial charge in [-0.1, -0.05) is 0 Å². The summed E-state index contributed by atoms with van der Waals surface area (Å²) in [7, 11) is 0. The summed E-state index contributed by atoms with van der Waals surface area (Å²) in [6.45, 7) is 0. The molecule has 0 spiro atoms. The lowest BCUT2D eigenvalue weighted by atomic mass is 10.2. The Labute approximate surface area is 56.9 Å². The molecule has 0 saturated heterocycles. The average molecular weight is 137 g/mol. The summed E-state index contributed by atoms with van der Waals surface area (Å²) in [5, 5.41) is 8.29. The average Bonchev–Trinajstić information content (AvgIpc) is 1.88. The van der Waals surface area contributed by atoms with E-state index in [-0.39, 0.29) is 11.3 Å². The Morgan fingerprint density at radius 2 is 2.40 bits per heavy atom. The van der Waals surface area contributed by atoms with E-state index in [1.807, 2.05) is 0 Å². The standard InChI is InChI=1S/C6H4FN3/c7-6-4(3-8)5(9)1-2-10-6/h1-2H,(H2,9,10). The van der Waals surface area contributed by atoms with Crippen LogP contribution in [0.25, 0.3) is 0 Å². The fourth-order valence-corrected chi connectivity index (χ4v) is 0.561. The van der Waals surface area contributed by atoms with Crippen LogP contribution in [0.5, 0.6) is 0 Å². The van der Waals surface area contributed by atoms with Crippen molar-refractivity contribution in [2.75, 3.05) is 5.73 Å². The second kappa shape index (κ2) is 2.31. The maximum Gasteiger partial charge on any atom is 0.232 e. The maximum atomic E-state index is 12.4. The SMILES string of the molecule is N#Cc1c(N)ccnc1F. The normalized spacial score (nSPS) is 8.80. The molecule has 50 valence electrons. The minimum Gasteiger partial charge on any atom is -0.397 e. The molecule has 1 heterocycles. The smallest absolute Gasteiger partial charge is 0.232 e. The number of nitriles is 1. The first kappa shape index (κ1) is 6.49. The highest BCUT2D eigenvalue weighted by atomic mass is 19.1. The predicted molar refractivity (Wildman–Crippen MR) is 33.3 cm³/mol. The van der Waals surface area contributed by atoms with Crippen molar-refractivity contribution < 1.29 is 4.39 Å². The first-order chi connectivity index (χ1) is 4.75. The summed E-state index contributed by atoms with van der Waals surface area (Å²) >= 11 is 0. The Hall–Kier alpha value is -1.63. The van der Waals surface area contributed by atoms with Crippen molar-refractivity contribution in [2.45, 2.75) is 0 Å². The minimum absolute atomic E-state index is 0.120. The first-order valence-electron chi connectivity index (χ1n) is 2.56. The van der Waals surface area contributed by atoms with Gasteiger partial charge in [-0.05, 0) is 6.07 Å². The molecule has 0 radical (unpaired) electrons. The third kappa shape index (κ3) is 0.890. The zero-order chi connectivity index (χ0) is 7.56. The Balaban J connectivity index is 3.34. The van der Waals surface area contributed by atoms with Crippen LogP contribution >= 0.6 is 0 Å². The third-order valence-electron chi connectivity index (χ3n) is 1.05. The molecule has 3 nitrogen and oxygen atoms in total. The van der Waals surface area contributed by atoms with E-state index in [0.717, 1.165) is 0 Å². The van der Waals surface area contributed by atoms with E-state index in [0.29, 0.717) is 0 Å². The summed E-state index contributed by atoms with van der Waals surface area (Å²) < 4.78 is 12.4. The van der Waals surface area contributed by atoms with Crippen LogP contribution in [0.15, 0.2) is 12.3 Å². The third-order valence-corrected chi connectivity index (χ3v) is 1.05. The number of nitrogens with two attached hydrogens (primary N) is 1. The molecule has 0 saturated carbocycles. The molecule has 0 unspecified atom stereocenters. The van der Waals surface area contributed by atoms with Crippen molar-refractivity contribution in [3.05, 3.63) is 23.8 Å². The number of pyridine rings is 1. The van der Waals surface area contributed by atoms with Gasteiger partial charge in [-0.3, -0.25) is 0 Å². The van der Waals surface area contributed by atoms with Gasteiger partial charge in [0.15, 0.2) is 0 Å². The van der Waals surface area contributed by atoms with Crippen molar-refractivity contribution in [3.8, 4) is 6.07 Å². The number of anilines is 1. The van der Waals surface area contributed by atoms with E-state index in [4.69, 9.17) is 11.0 Å².